The van der Waals surface area contributed by atoms with Gasteiger partial charge in [-0.3, -0.25) is 4.79 Å². The molecule has 130 valence electrons. The molecule has 0 saturated carbocycles. The molecule has 0 aliphatic heterocycles. The van der Waals surface area contributed by atoms with E-state index in [-0.39, 0.29) is 10.8 Å². The van der Waals surface area contributed by atoms with Crippen LogP contribution in [0, 0.1) is 0 Å². The second-order valence-corrected chi connectivity index (χ2v) is 7.27. The van der Waals surface area contributed by atoms with Crippen molar-refractivity contribution >= 4 is 27.5 Å². The van der Waals surface area contributed by atoms with Crippen LogP contribution in [0.4, 0.5) is 0 Å². The van der Waals surface area contributed by atoms with E-state index in [1.165, 1.54) is 31.2 Å². The van der Waals surface area contributed by atoms with Crippen molar-refractivity contribution in [3.8, 4) is 0 Å². The number of nitrogens with zero attached hydrogens (tertiary/aromatic N) is 1. The molecule has 1 aromatic rings. The van der Waals surface area contributed by atoms with Gasteiger partial charge >= 0.3 is 0 Å². The monoisotopic (exact) mass is 361 g/mol. The van der Waals surface area contributed by atoms with E-state index in [0.717, 1.165) is 19.6 Å². The molecule has 23 heavy (non-hydrogen) atoms. The normalized spacial score (nSPS) is 13.1. The van der Waals surface area contributed by atoms with Crippen LogP contribution in [0.25, 0.3) is 0 Å². The quantitative estimate of drug-likeness (QED) is 0.698. The first-order chi connectivity index (χ1) is 10.8. The number of rotatable bonds is 9. The van der Waals surface area contributed by atoms with Crippen molar-refractivity contribution in [3.63, 3.8) is 0 Å². The maximum atomic E-state index is 12.2. The summed E-state index contributed by atoms with van der Waals surface area (Å²) in [6, 6.07) is 4.92. The molecule has 1 atom stereocenters. The van der Waals surface area contributed by atoms with Crippen LogP contribution in [0.5, 0.6) is 0 Å². The Morgan fingerprint density at radius 1 is 1.22 bits per heavy atom. The summed E-state index contributed by atoms with van der Waals surface area (Å²) in [6.07, 6.45) is 0. The highest BCUT2D eigenvalue weighted by Crippen LogP contribution is 2.14. The van der Waals surface area contributed by atoms with Crippen molar-refractivity contribution in [2.45, 2.75) is 31.7 Å². The van der Waals surface area contributed by atoms with Gasteiger partial charge in [-0.1, -0.05) is 25.4 Å². The maximum Gasteiger partial charge on any atom is 0.241 e. The van der Waals surface area contributed by atoms with E-state index in [1.54, 1.807) is 0 Å². The Hall–Kier alpha value is -1.15. The van der Waals surface area contributed by atoms with Crippen LogP contribution in [0.2, 0.25) is 5.02 Å². The van der Waals surface area contributed by atoms with Gasteiger partial charge in [0.15, 0.2) is 0 Å². The first-order valence-corrected chi connectivity index (χ1v) is 9.44. The molecule has 0 spiro atoms. The van der Waals surface area contributed by atoms with Gasteiger partial charge in [-0.25, -0.2) is 8.42 Å². The molecule has 0 saturated heterocycles. The molecular weight excluding hydrogens is 338 g/mol. The molecule has 1 rings (SSSR count). The van der Waals surface area contributed by atoms with Crippen LogP contribution in [0.15, 0.2) is 29.2 Å². The number of hydrogen-bond acceptors (Lipinski definition) is 4. The van der Waals surface area contributed by atoms with Gasteiger partial charge in [0.05, 0.1) is 10.9 Å². The smallest absolute Gasteiger partial charge is 0.241 e. The number of halogens is 1. The molecule has 0 aliphatic rings. The number of likely N-dealkylation sites (N-methyl/N-ethyl adjacent to an activating group) is 1. The van der Waals surface area contributed by atoms with Gasteiger partial charge < -0.3 is 10.2 Å². The van der Waals surface area contributed by atoms with Gasteiger partial charge in [0, 0.05) is 18.1 Å². The standard InChI is InChI=1S/C15H24ClN3O3S/c1-4-19(5-2)11-10-17-15(20)12(3)18-23(21,22)14-8-6-13(16)7-9-14/h6-9,12,18H,4-5,10-11H2,1-3H3,(H,17,20). The van der Waals surface area contributed by atoms with Crippen LogP contribution in [0.3, 0.4) is 0 Å². The average molecular weight is 362 g/mol. The predicted molar refractivity (Wildman–Crippen MR) is 92.0 cm³/mol. The molecule has 1 unspecified atom stereocenters. The molecule has 0 bridgehead atoms. The summed E-state index contributed by atoms with van der Waals surface area (Å²) in [6.45, 7) is 8.64. The molecule has 2 N–H and O–H groups in total. The Kier molecular flexibility index (Phi) is 7.98. The largest absolute Gasteiger partial charge is 0.353 e. The van der Waals surface area contributed by atoms with Gasteiger partial charge in [-0.05, 0) is 44.3 Å². The van der Waals surface area contributed by atoms with E-state index in [9.17, 15) is 13.2 Å². The third kappa shape index (κ3) is 6.47. The number of amides is 1. The summed E-state index contributed by atoms with van der Waals surface area (Å²) in [5.41, 5.74) is 0. The zero-order chi connectivity index (χ0) is 17.5. The Morgan fingerprint density at radius 3 is 2.30 bits per heavy atom. The fourth-order valence-corrected chi connectivity index (χ4v) is 3.33. The van der Waals surface area contributed by atoms with Gasteiger partial charge in [-0.2, -0.15) is 4.72 Å². The van der Waals surface area contributed by atoms with Crippen LogP contribution < -0.4 is 10.0 Å². The minimum absolute atomic E-state index is 0.0738. The Balaban J connectivity index is 2.55. The van der Waals surface area contributed by atoms with Crippen molar-refractivity contribution < 1.29 is 13.2 Å². The van der Waals surface area contributed by atoms with E-state index in [1.807, 2.05) is 13.8 Å². The summed E-state index contributed by atoms with van der Waals surface area (Å²) in [5.74, 6) is -0.352. The zero-order valence-electron chi connectivity index (χ0n) is 13.7. The van der Waals surface area contributed by atoms with Crippen LogP contribution in [0.1, 0.15) is 20.8 Å². The lowest BCUT2D eigenvalue weighted by molar-refractivity contribution is -0.122. The van der Waals surface area contributed by atoms with E-state index >= 15 is 0 Å². The first kappa shape index (κ1) is 19.9. The predicted octanol–water partition coefficient (Wildman–Crippen LogP) is 1.46. The van der Waals surface area contributed by atoms with Crippen molar-refractivity contribution in [1.82, 2.24) is 14.9 Å². The zero-order valence-corrected chi connectivity index (χ0v) is 15.2. The number of sulfonamides is 1. The van der Waals surface area contributed by atoms with Crippen molar-refractivity contribution in [3.05, 3.63) is 29.3 Å². The van der Waals surface area contributed by atoms with Gasteiger partial charge in [0.2, 0.25) is 15.9 Å². The second kappa shape index (κ2) is 9.22. The minimum atomic E-state index is -3.75. The Morgan fingerprint density at radius 2 is 1.78 bits per heavy atom. The van der Waals surface area contributed by atoms with E-state index < -0.39 is 16.1 Å². The number of nitrogens with one attached hydrogen (secondary N) is 2. The van der Waals surface area contributed by atoms with E-state index in [2.05, 4.69) is 14.9 Å². The Bertz CT molecular complexity index is 601. The molecule has 1 aromatic carbocycles. The Labute approximate surface area is 143 Å². The molecule has 0 heterocycles. The van der Waals surface area contributed by atoms with E-state index in [4.69, 9.17) is 11.6 Å². The van der Waals surface area contributed by atoms with Crippen molar-refractivity contribution in [2.24, 2.45) is 0 Å². The van der Waals surface area contributed by atoms with Crippen molar-refractivity contribution in [1.29, 1.82) is 0 Å². The lowest BCUT2D eigenvalue weighted by Crippen LogP contribution is -2.46. The first-order valence-electron chi connectivity index (χ1n) is 7.58. The number of carbonyl (C=O) groups is 1. The fraction of sp³-hybridized carbons (Fsp3) is 0.533. The number of hydrogen-bond donors (Lipinski definition) is 2. The molecule has 0 aliphatic carbocycles. The summed E-state index contributed by atoms with van der Waals surface area (Å²) in [5, 5.41) is 3.19. The molecule has 8 heteroatoms. The number of benzene rings is 1. The highest BCUT2D eigenvalue weighted by molar-refractivity contribution is 7.89. The van der Waals surface area contributed by atoms with Crippen LogP contribution in [-0.2, 0) is 14.8 Å². The molecule has 0 radical (unpaired) electrons. The lowest BCUT2D eigenvalue weighted by Gasteiger charge is -2.19. The van der Waals surface area contributed by atoms with Gasteiger partial charge in [0.25, 0.3) is 0 Å². The highest BCUT2D eigenvalue weighted by atomic mass is 35.5. The minimum Gasteiger partial charge on any atom is -0.353 e. The fourth-order valence-electron chi connectivity index (χ4n) is 2.00. The van der Waals surface area contributed by atoms with Gasteiger partial charge in [0.1, 0.15) is 0 Å². The molecule has 0 fully saturated rings. The summed E-state index contributed by atoms with van der Waals surface area (Å²) >= 11 is 5.74. The van der Waals surface area contributed by atoms with Crippen molar-refractivity contribution in [2.75, 3.05) is 26.2 Å². The molecule has 1 amide bonds. The summed E-state index contributed by atoms with van der Waals surface area (Å²) < 4.78 is 26.7. The number of carbonyl (C=O) groups excluding carboxylic acids is 1. The second-order valence-electron chi connectivity index (χ2n) is 5.11. The van der Waals surface area contributed by atoms with Gasteiger partial charge in [-0.15, -0.1) is 0 Å². The van der Waals surface area contributed by atoms with Crippen LogP contribution >= 0.6 is 11.6 Å². The highest BCUT2D eigenvalue weighted by Gasteiger charge is 2.21. The summed E-state index contributed by atoms with van der Waals surface area (Å²) in [7, 11) is -3.75. The van der Waals surface area contributed by atoms with Crippen LogP contribution in [-0.4, -0.2) is 51.4 Å². The third-order valence-corrected chi connectivity index (χ3v) is 5.28. The molecule has 6 nitrogen and oxygen atoms in total. The molecular formula is C15H24ClN3O3S. The lowest BCUT2D eigenvalue weighted by atomic mass is 10.3. The summed E-state index contributed by atoms with van der Waals surface area (Å²) in [4.78, 5) is 14.2. The SMILES string of the molecule is CCN(CC)CCNC(=O)C(C)NS(=O)(=O)c1ccc(Cl)cc1. The average Bonchev–Trinajstić information content (AvgIpc) is 2.51. The third-order valence-electron chi connectivity index (χ3n) is 3.47. The topological polar surface area (TPSA) is 78.5 Å². The maximum absolute atomic E-state index is 12.2. The van der Waals surface area contributed by atoms with E-state index in [0.29, 0.717) is 11.6 Å². The molecule has 0 aromatic heterocycles.